The third-order valence-electron chi connectivity index (χ3n) is 2.43. The molecule has 0 N–H and O–H groups in total. The fourth-order valence-electron chi connectivity index (χ4n) is 1.48. The number of hydrogen-bond acceptors (Lipinski definition) is 2. The number of rotatable bonds is 2. The van der Waals surface area contributed by atoms with E-state index in [1.54, 1.807) is 24.3 Å². The second-order valence-electron chi connectivity index (χ2n) is 3.76. The van der Waals surface area contributed by atoms with Crippen molar-refractivity contribution in [2.45, 2.75) is 6.92 Å². The van der Waals surface area contributed by atoms with Crippen LogP contribution in [0.25, 0.3) is 0 Å². The third-order valence-corrected chi connectivity index (χ3v) is 2.93. The smallest absolute Gasteiger partial charge is 0.146 e. The largest absolute Gasteiger partial charge is 0.456 e. The molecule has 0 saturated heterocycles. The molecule has 0 saturated carbocycles. The van der Waals surface area contributed by atoms with Gasteiger partial charge in [0.25, 0.3) is 0 Å². The molecule has 2 nitrogen and oxygen atoms in total. The van der Waals surface area contributed by atoms with Gasteiger partial charge >= 0.3 is 0 Å². The maximum absolute atomic E-state index is 13.2. The normalized spacial score (nSPS) is 9.89. The van der Waals surface area contributed by atoms with Gasteiger partial charge in [0.1, 0.15) is 23.4 Å². The van der Waals surface area contributed by atoms with Crippen molar-refractivity contribution in [2.75, 3.05) is 0 Å². The number of benzene rings is 2. The number of aryl methyl sites for hydroxylation is 1. The summed E-state index contributed by atoms with van der Waals surface area (Å²) in [5.74, 6) is 0.439. The summed E-state index contributed by atoms with van der Waals surface area (Å²) >= 11 is 3.31. The van der Waals surface area contributed by atoms with E-state index in [1.165, 1.54) is 12.1 Å². The van der Waals surface area contributed by atoms with E-state index in [4.69, 9.17) is 10.00 Å². The highest BCUT2D eigenvalue weighted by Crippen LogP contribution is 2.30. The van der Waals surface area contributed by atoms with Gasteiger partial charge in [0.2, 0.25) is 0 Å². The van der Waals surface area contributed by atoms with Crippen LogP contribution in [0.15, 0.2) is 40.9 Å². The Hall–Kier alpha value is -1.86. The predicted molar refractivity (Wildman–Crippen MR) is 70.1 cm³/mol. The van der Waals surface area contributed by atoms with E-state index in [1.807, 2.05) is 13.0 Å². The zero-order chi connectivity index (χ0) is 13.1. The van der Waals surface area contributed by atoms with E-state index in [0.717, 1.165) is 10.0 Å². The van der Waals surface area contributed by atoms with Crippen LogP contribution in [0, 0.1) is 24.1 Å². The highest BCUT2D eigenvalue weighted by Gasteiger charge is 2.08. The fourth-order valence-corrected chi connectivity index (χ4v) is 1.82. The molecule has 0 radical (unpaired) electrons. The fraction of sp³-hybridized carbons (Fsp3) is 0.0714. The van der Waals surface area contributed by atoms with E-state index >= 15 is 0 Å². The lowest BCUT2D eigenvalue weighted by Gasteiger charge is -2.10. The van der Waals surface area contributed by atoms with Crippen molar-refractivity contribution >= 4 is 15.9 Å². The van der Waals surface area contributed by atoms with Crippen LogP contribution in [-0.2, 0) is 0 Å². The predicted octanol–water partition coefficient (Wildman–Crippen LogP) is 4.56. The molecule has 0 amide bonds. The molecule has 0 aliphatic heterocycles. The molecular formula is C14H9BrFNO. The van der Waals surface area contributed by atoms with Gasteiger partial charge < -0.3 is 4.74 Å². The Labute approximate surface area is 113 Å². The van der Waals surface area contributed by atoms with E-state index in [0.29, 0.717) is 17.1 Å². The molecule has 0 atom stereocenters. The van der Waals surface area contributed by atoms with Gasteiger partial charge in [-0.15, -0.1) is 0 Å². The molecule has 0 spiro atoms. The summed E-state index contributed by atoms with van der Waals surface area (Å²) in [5, 5.41) is 8.99. The van der Waals surface area contributed by atoms with Crippen LogP contribution in [-0.4, -0.2) is 0 Å². The molecular weight excluding hydrogens is 297 g/mol. The van der Waals surface area contributed by atoms with Gasteiger partial charge in [-0.3, -0.25) is 0 Å². The van der Waals surface area contributed by atoms with Gasteiger partial charge in [0.05, 0.1) is 5.56 Å². The van der Waals surface area contributed by atoms with Crippen LogP contribution in [0.4, 0.5) is 4.39 Å². The average Bonchev–Trinajstić information content (AvgIpc) is 2.34. The summed E-state index contributed by atoms with van der Waals surface area (Å²) in [5.41, 5.74) is 1.21. The second kappa shape index (κ2) is 5.19. The number of ether oxygens (including phenoxy) is 1. The minimum atomic E-state index is -0.371. The van der Waals surface area contributed by atoms with Crippen molar-refractivity contribution in [1.82, 2.24) is 0 Å². The van der Waals surface area contributed by atoms with Crippen LogP contribution in [0.2, 0.25) is 0 Å². The highest BCUT2D eigenvalue weighted by molar-refractivity contribution is 9.10. The SMILES string of the molecule is Cc1ccc(F)cc1Oc1cc(Br)ccc1C#N. The molecule has 0 heterocycles. The molecule has 90 valence electrons. The molecule has 0 aliphatic carbocycles. The first-order chi connectivity index (χ1) is 8.60. The number of nitriles is 1. The summed E-state index contributed by atoms with van der Waals surface area (Å²) in [6.07, 6.45) is 0. The zero-order valence-corrected chi connectivity index (χ0v) is 11.2. The summed E-state index contributed by atoms with van der Waals surface area (Å²) in [4.78, 5) is 0. The lowest BCUT2D eigenvalue weighted by Crippen LogP contribution is -1.91. The van der Waals surface area contributed by atoms with E-state index < -0.39 is 0 Å². The highest BCUT2D eigenvalue weighted by atomic mass is 79.9. The van der Waals surface area contributed by atoms with Crippen molar-refractivity contribution < 1.29 is 9.13 Å². The van der Waals surface area contributed by atoms with Crippen molar-refractivity contribution in [1.29, 1.82) is 5.26 Å². The Balaban J connectivity index is 2.43. The summed E-state index contributed by atoms with van der Waals surface area (Å²) in [6.45, 7) is 1.82. The molecule has 0 aliphatic rings. The first-order valence-electron chi connectivity index (χ1n) is 5.24. The first kappa shape index (κ1) is 12.6. The minimum absolute atomic E-state index is 0.371. The Morgan fingerprint density at radius 2 is 1.94 bits per heavy atom. The second-order valence-corrected chi connectivity index (χ2v) is 4.68. The lowest BCUT2D eigenvalue weighted by molar-refractivity contribution is 0.471. The van der Waals surface area contributed by atoms with Gasteiger partial charge in [0, 0.05) is 10.5 Å². The molecule has 0 unspecified atom stereocenters. The third kappa shape index (κ3) is 2.69. The van der Waals surface area contributed by atoms with Crippen LogP contribution < -0.4 is 4.74 Å². The monoisotopic (exact) mass is 305 g/mol. The minimum Gasteiger partial charge on any atom is -0.456 e. The topological polar surface area (TPSA) is 33.0 Å². The van der Waals surface area contributed by atoms with Gasteiger partial charge in [-0.25, -0.2) is 4.39 Å². The summed E-state index contributed by atoms with van der Waals surface area (Å²) in [7, 11) is 0. The first-order valence-corrected chi connectivity index (χ1v) is 6.03. The van der Waals surface area contributed by atoms with Crippen molar-refractivity contribution in [3.8, 4) is 17.6 Å². The summed E-state index contributed by atoms with van der Waals surface area (Å²) < 4.78 is 19.6. The number of halogens is 2. The Morgan fingerprint density at radius 3 is 2.67 bits per heavy atom. The van der Waals surface area contributed by atoms with Gasteiger partial charge in [-0.05, 0) is 36.8 Å². The van der Waals surface area contributed by atoms with Gasteiger partial charge in [-0.2, -0.15) is 5.26 Å². The van der Waals surface area contributed by atoms with Crippen LogP contribution >= 0.6 is 15.9 Å². The molecule has 0 fully saturated rings. The molecule has 18 heavy (non-hydrogen) atoms. The van der Waals surface area contributed by atoms with Crippen molar-refractivity contribution in [3.05, 3.63) is 57.8 Å². The van der Waals surface area contributed by atoms with Gasteiger partial charge in [-0.1, -0.05) is 22.0 Å². The van der Waals surface area contributed by atoms with Gasteiger partial charge in [0.15, 0.2) is 0 Å². The maximum Gasteiger partial charge on any atom is 0.146 e. The van der Waals surface area contributed by atoms with E-state index in [9.17, 15) is 4.39 Å². The molecule has 0 bridgehead atoms. The van der Waals surface area contributed by atoms with Crippen LogP contribution in [0.5, 0.6) is 11.5 Å². The summed E-state index contributed by atoms with van der Waals surface area (Å²) in [6, 6.07) is 11.4. The average molecular weight is 306 g/mol. The standard InChI is InChI=1S/C14H9BrFNO/c1-9-2-5-12(16)7-13(9)18-14-6-11(15)4-3-10(14)8-17/h2-7H,1H3. The Morgan fingerprint density at radius 1 is 1.17 bits per heavy atom. The molecule has 4 heteroatoms. The quantitative estimate of drug-likeness (QED) is 0.815. The Kier molecular flexibility index (Phi) is 3.63. The number of nitrogens with zero attached hydrogens (tertiary/aromatic N) is 1. The van der Waals surface area contributed by atoms with Crippen molar-refractivity contribution in [2.24, 2.45) is 0 Å². The lowest BCUT2D eigenvalue weighted by atomic mass is 10.2. The maximum atomic E-state index is 13.2. The van der Waals surface area contributed by atoms with Crippen LogP contribution in [0.3, 0.4) is 0 Å². The molecule has 2 aromatic rings. The van der Waals surface area contributed by atoms with E-state index in [2.05, 4.69) is 15.9 Å². The number of hydrogen-bond donors (Lipinski definition) is 0. The Bertz CT molecular complexity index is 634. The molecule has 2 rings (SSSR count). The molecule has 2 aromatic carbocycles. The van der Waals surface area contributed by atoms with E-state index in [-0.39, 0.29) is 5.82 Å². The van der Waals surface area contributed by atoms with Crippen LogP contribution in [0.1, 0.15) is 11.1 Å². The van der Waals surface area contributed by atoms with Crippen molar-refractivity contribution in [3.63, 3.8) is 0 Å². The zero-order valence-electron chi connectivity index (χ0n) is 9.58. The molecule has 0 aromatic heterocycles.